The Labute approximate surface area is 82.4 Å². The number of rotatable bonds is 3. The van der Waals surface area contributed by atoms with Gasteiger partial charge in [-0.25, -0.2) is 0 Å². The molecule has 0 bridgehead atoms. The lowest BCUT2D eigenvalue weighted by molar-refractivity contribution is -0.305. The van der Waals surface area contributed by atoms with E-state index < -0.39 is 30.0 Å². The maximum absolute atomic E-state index is 12.7. The molecule has 0 aliphatic carbocycles. The highest BCUT2D eigenvalue weighted by Gasteiger charge is 2.67. The van der Waals surface area contributed by atoms with Crippen LogP contribution in [0.3, 0.4) is 0 Å². The number of alkyl halides is 5. The summed E-state index contributed by atoms with van der Waals surface area (Å²) in [4.78, 5) is 10.6. The number of carbonyl (C=O) groups is 1. The van der Waals surface area contributed by atoms with Crippen molar-refractivity contribution in [3.8, 4) is 0 Å². The molecule has 0 radical (unpaired) electrons. The number of halogens is 5. The van der Waals surface area contributed by atoms with Gasteiger partial charge in [0.05, 0.1) is 19.1 Å². The fraction of sp³-hybridized carbons (Fsp3) is 0.857. The van der Waals surface area contributed by atoms with E-state index >= 15 is 0 Å². The molecule has 2 N–H and O–H groups in total. The fourth-order valence-corrected chi connectivity index (χ4v) is 0.807. The van der Waals surface area contributed by atoms with Crippen molar-refractivity contribution in [1.82, 2.24) is 0 Å². The molecule has 0 aromatic rings. The van der Waals surface area contributed by atoms with Crippen LogP contribution >= 0.6 is 0 Å². The third kappa shape index (κ3) is 2.77. The van der Waals surface area contributed by atoms with Crippen molar-refractivity contribution in [2.75, 3.05) is 7.11 Å². The highest BCUT2D eigenvalue weighted by molar-refractivity contribution is 5.70. The van der Waals surface area contributed by atoms with Crippen LogP contribution in [0.1, 0.15) is 13.3 Å². The predicted molar refractivity (Wildman–Crippen MR) is 40.2 cm³/mol. The molecule has 0 aromatic heterocycles. The quantitative estimate of drug-likeness (QED) is 0.595. The molecule has 0 amide bonds. The molecule has 8 heteroatoms. The first-order valence-electron chi connectivity index (χ1n) is 3.76. The summed E-state index contributed by atoms with van der Waals surface area (Å²) in [5.41, 5.74) is 1.76. The van der Waals surface area contributed by atoms with Crippen LogP contribution < -0.4 is 5.73 Å². The van der Waals surface area contributed by atoms with Crippen LogP contribution in [0.25, 0.3) is 0 Å². The zero-order chi connectivity index (χ0) is 12.5. The second kappa shape index (κ2) is 3.92. The molecule has 3 nitrogen and oxygen atoms in total. The molecule has 0 rings (SSSR count). The summed E-state index contributed by atoms with van der Waals surface area (Å²) < 4.78 is 65.2. The monoisotopic (exact) mass is 235 g/mol. The summed E-state index contributed by atoms with van der Waals surface area (Å²) in [5, 5.41) is 0. The van der Waals surface area contributed by atoms with E-state index in [0.29, 0.717) is 6.92 Å². The number of ether oxygens (including phenoxy) is 1. The van der Waals surface area contributed by atoms with Crippen molar-refractivity contribution in [3.05, 3.63) is 0 Å². The first kappa shape index (κ1) is 14.1. The van der Waals surface area contributed by atoms with Crippen LogP contribution in [0, 0.1) is 0 Å². The lowest BCUT2D eigenvalue weighted by Gasteiger charge is -2.33. The van der Waals surface area contributed by atoms with E-state index in [9.17, 15) is 26.7 Å². The topological polar surface area (TPSA) is 52.3 Å². The van der Waals surface area contributed by atoms with E-state index in [1.165, 1.54) is 0 Å². The van der Waals surface area contributed by atoms with Crippen molar-refractivity contribution in [2.24, 2.45) is 5.73 Å². The van der Waals surface area contributed by atoms with Crippen LogP contribution in [0.5, 0.6) is 0 Å². The molecular formula is C7H10F5NO2. The van der Waals surface area contributed by atoms with Gasteiger partial charge in [-0.1, -0.05) is 0 Å². The highest BCUT2D eigenvalue weighted by atomic mass is 19.4. The standard InChI is InChI=1S/C7H10F5NO2/c1-5(13,3-4(14)15-2)6(8,9)7(10,11)12/h3,13H2,1-2H3. The lowest BCUT2D eigenvalue weighted by atomic mass is 9.90. The van der Waals surface area contributed by atoms with Crippen LogP contribution in [-0.4, -0.2) is 30.7 Å². The van der Waals surface area contributed by atoms with Gasteiger partial charge in [-0.15, -0.1) is 0 Å². The molecule has 0 aliphatic heterocycles. The molecule has 15 heavy (non-hydrogen) atoms. The van der Waals surface area contributed by atoms with E-state index in [-0.39, 0.29) is 0 Å². The molecule has 0 saturated carbocycles. The second-order valence-corrected chi connectivity index (χ2v) is 3.24. The summed E-state index contributed by atoms with van der Waals surface area (Å²) in [7, 11) is 0.865. The van der Waals surface area contributed by atoms with Crippen LogP contribution in [0.2, 0.25) is 0 Å². The smallest absolute Gasteiger partial charge is 0.455 e. The number of esters is 1. The van der Waals surface area contributed by atoms with Crippen molar-refractivity contribution in [3.63, 3.8) is 0 Å². The SMILES string of the molecule is COC(=O)CC(C)(N)C(F)(F)C(F)(F)F. The third-order valence-electron chi connectivity index (χ3n) is 1.81. The van der Waals surface area contributed by atoms with E-state index in [4.69, 9.17) is 5.73 Å². The van der Waals surface area contributed by atoms with Gasteiger partial charge in [-0.2, -0.15) is 22.0 Å². The molecule has 0 saturated heterocycles. The second-order valence-electron chi connectivity index (χ2n) is 3.24. The summed E-state index contributed by atoms with van der Waals surface area (Å²) in [6.45, 7) is 0.442. The van der Waals surface area contributed by atoms with Gasteiger partial charge in [-0.3, -0.25) is 4.79 Å². The highest BCUT2D eigenvalue weighted by Crippen LogP contribution is 2.43. The molecular weight excluding hydrogens is 225 g/mol. The molecule has 0 spiro atoms. The maximum Gasteiger partial charge on any atom is 0.455 e. The van der Waals surface area contributed by atoms with Gasteiger partial charge in [0.2, 0.25) is 0 Å². The van der Waals surface area contributed by atoms with Crippen molar-refractivity contribution < 1.29 is 31.5 Å². The molecule has 1 atom stereocenters. The van der Waals surface area contributed by atoms with Crippen molar-refractivity contribution in [1.29, 1.82) is 0 Å². The van der Waals surface area contributed by atoms with E-state index in [1.54, 1.807) is 0 Å². The number of methoxy groups -OCH3 is 1. The summed E-state index contributed by atoms with van der Waals surface area (Å²) in [6, 6.07) is 0. The Hall–Kier alpha value is -0.920. The minimum atomic E-state index is -5.80. The zero-order valence-corrected chi connectivity index (χ0v) is 7.99. The molecule has 0 fully saturated rings. The van der Waals surface area contributed by atoms with Gasteiger partial charge in [0.15, 0.2) is 0 Å². The largest absolute Gasteiger partial charge is 0.469 e. The summed E-state index contributed by atoms with van der Waals surface area (Å²) >= 11 is 0. The molecule has 0 heterocycles. The van der Waals surface area contributed by atoms with Crippen LogP contribution in [0.15, 0.2) is 0 Å². The Kier molecular flexibility index (Phi) is 3.67. The third-order valence-corrected chi connectivity index (χ3v) is 1.81. The minimum Gasteiger partial charge on any atom is -0.469 e. The first-order valence-corrected chi connectivity index (χ1v) is 3.76. The fourth-order valence-electron chi connectivity index (χ4n) is 0.807. The van der Waals surface area contributed by atoms with Gasteiger partial charge >= 0.3 is 18.1 Å². The van der Waals surface area contributed by atoms with Crippen molar-refractivity contribution >= 4 is 5.97 Å². The van der Waals surface area contributed by atoms with Gasteiger partial charge in [-0.05, 0) is 6.92 Å². The molecule has 0 aromatic carbocycles. The number of hydrogen-bond acceptors (Lipinski definition) is 3. The van der Waals surface area contributed by atoms with Gasteiger partial charge in [0.1, 0.15) is 0 Å². The van der Waals surface area contributed by atoms with Crippen LogP contribution in [0.4, 0.5) is 22.0 Å². The summed E-state index contributed by atoms with van der Waals surface area (Å²) in [5.74, 6) is -6.39. The Balaban J connectivity index is 4.93. The number of nitrogens with two attached hydrogens (primary N) is 1. The van der Waals surface area contributed by atoms with E-state index in [1.807, 2.05) is 0 Å². The Morgan fingerprint density at radius 2 is 1.67 bits per heavy atom. The number of hydrogen-bond donors (Lipinski definition) is 1. The molecule has 1 unspecified atom stereocenters. The predicted octanol–water partition coefficient (Wildman–Crippen LogP) is 1.46. The van der Waals surface area contributed by atoms with Gasteiger partial charge in [0, 0.05) is 0 Å². The Morgan fingerprint density at radius 3 is 1.93 bits per heavy atom. The maximum atomic E-state index is 12.7. The summed E-state index contributed by atoms with van der Waals surface area (Å²) in [6.07, 6.45) is -7.03. The normalized spacial score (nSPS) is 17.1. The molecule has 90 valence electrons. The van der Waals surface area contributed by atoms with Gasteiger partial charge in [0.25, 0.3) is 0 Å². The molecule has 0 aliphatic rings. The lowest BCUT2D eigenvalue weighted by Crippen LogP contribution is -2.61. The Morgan fingerprint density at radius 1 is 1.27 bits per heavy atom. The van der Waals surface area contributed by atoms with E-state index in [2.05, 4.69) is 4.74 Å². The Bertz CT molecular complexity index is 248. The average Bonchev–Trinajstić information content (AvgIpc) is 2.00. The van der Waals surface area contributed by atoms with Crippen LogP contribution in [-0.2, 0) is 9.53 Å². The van der Waals surface area contributed by atoms with E-state index in [0.717, 1.165) is 7.11 Å². The minimum absolute atomic E-state index is 0.442. The zero-order valence-electron chi connectivity index (χ0n) is 7.99. The van der Waals surface area contributed by atoms with Crippen molar-refractivity contribution in [2.45, 2.75) is 31.0 Å². The average molecular weight is 235 g/mol. The first-order chi connectivity index (χ1) is 6.45. The number of carbonyl (C=O) groups excluding carboxylic acids is 1. The van der Waals surface area contributed by atoms with Gasteiger partial charge < -0.3 is 10.5 Å².